The third-order valence-electron chi connectivity index (χ3n) is 4.48. The Balaban J connectivity index is 1.53. The standard InChI is InChI=1S/C22H19ClN4/c23-18-9-7-16(8-10-18)11-13-25-22-20-6-2-1-5-19(20)21(26-27-22)14-17-4-3-12-24-15-17/h1-10,12,15H,11,13-14H2,(H,25,27). The van der Waals surface area contributed by atoms with E-state index in [1.165, 1.54) is 5.56 Å². The highest BCUT2D eigenvalue weighted by Gasteiger charge is 2.09. The van der Waals surface area contributed by atoms with Gasteiger partial charge in [-0.3, -0.25) is 4.98 Å². The molecular formula is C22H19ClN4. The van der Waals surface area contributed by atoms with Crippen LogP contribution in [-0.4, -0.2) is 21.7 Å². The monoisotopic (exact) mass is 374 g/mol. The zero-order valence-electron chi connectivity index (χ0n) is 14.8. The average molecular weight is 375 g/mol. The molecule has 4 nitrogen and oxygen atoms in total. The number of hydrogen-bond acceptors (Lipinski definition) is 4. The highest BCUT2D eigenvalue weighted by molar-refractivity contribution is 6.30. The van der Waals surface area contributed by atoms with E-state index in [2.05, 4.69) is 38.7 Å². The molecule has 0 amide bonds. The zero-order valence-corrected chi connectivity index (χ0v) is 15.5. The van der Waals surface area contributed by atoms with Crippen LogP contribution in [0.5, 0.6) is 0 Å². The summed E-state index contributed by atoms with van der Waals surface area (Å²) in [5, 5.41) is 15.3. The van der Waals surface area contributed by atoms with E-state index >= 15 is 0 Å². The van der Waals surface area contributed by atoms with Gasteiger partial charge in [0.25, 0.3) is 0 Å². The Hall–Kier alpha value is -2.98. The van der Waals surface area contributed by atoms with Crippen molar-refractivity contribution in [3.05, 3.63) is 94.9 Å². The van der Waals surface area contributed by atoms with Crippen LogP contribution in [0.4, 0.5) is 5.82 Å². The normalized spacial score (nSPS) is 10.9. The molecule has 0 aliphatic heterocycles. The molecule has 4 aromatic rings. The second-order valence-electron chi connectivity index (χ2n) is 6.38. The van der Waals surface area contributed by atoms with E-state index in [4.69, 9.17) is 11.6 Å². The second kappa shape index (κ2) is 8.14. The lowest BCUT2D eigenvalue weighted by atomic mass is 10.1. The van der Waals surface area contributed by atoms with Crippen LogP contribution in [0, 0.1) is 0 Å². The molecule has 0 fully saturated rings. The van der Waals surface area contributed by atoms with Crippen molar-refractivity contribution in [1.29, 1.82) is 0 Å². The Morgan fingerprint density at radius 3 is 2.41 bits per heavy atom. The first-order chi connectivity index (χ1) is 13.3. The van der Waals surface area contributed by atoms with Crippen LogP contribution in [0.25, 0.3) is 10.8 Å². The molecule has 134 valence electrons. The molecule has 0 unspecified atom stereocenters. The molecule has 27 heavy (non-hydrogen) atoms. The van der Waals surface area contributed by atoms with Crippen molar-refractivity contribution < 1.29 is 0 Å². The quantitative estimate of drug-likeness (QED) is 0.520. The zero-order chi connectivity index (χ0) is 18.5. The Morgan fingerprint density at radius 2 is 1.63 bits per heavy atom. The Labute approximate surface area is 163 Å². The fraction of sp³-hybridized carbons (Fsp3) is 0.136. The van der Waals surface area contributed by atoms with E-state index in [1.807, 2.05) is 48.7 Å². The van der Waals surface area contributed by atoms with Crippen molar-refractivity contribution in [1.82, 2.24) is 15.2 Å². The molecule has 4 rings (SSSR count). The van der Waals surface area contributed by atoms with Crippen molar-refractivity contribution >= 4 is 28.2 Å². The largest absolute Gasteiger partial charge is 0.368 e. The third-order valence-corrected chi connectivity index (χ3v) is 4.73. The predicted molar refractivity (Wildman–Crippen MR) is 110 cm³/mol. The van der Waals surface area contributed by atoms with E-state index in [9.17, 15) is 0 Å². The van der Waals surface area contributed by atoms with Gasteiger partial charge in [0.2, 0.25) is 0 Å². The van der Waals surface area contributed by atoms with Crippen LogP contribution in [0.3, 0.4) is 0 Å². The summed E-state index contributed by atoms with van der Waals surface area (Å²) in [5.41, 5.74) is 3.32. The summed E-state index contributed by atoms with van der Waals surface area (Å²) in [6.45, 7) is 0.780. The summed E-state index contributed by atoms with van der Waals surface area (Å²) in [6.07, 6.45) is 5.26. The Kier molecular flexibility index (Phi) is 5.26. The van der Waals surface area contributed by atoms with Crippen LogP contribution in [0.1, 0.15) is 16.8 Å². The van der Waals surface area contributed by atoms with E-state index in [-0.39, 0.29) is 0 Å². The lowest BCUT2D eigenvalue weighted by Gasteiger charge is -2.11. The van der Waals surface area contributed by atoms with E-state index in [1.54, 1.807) is 6.20 Å². The molecule has 2 heterocycles. The molecule has 0 saturated heterocycles. The molecule has 0 aliphatic rings. The maximum Gasteiger partial charge on any atom is 0.156 e. The fourth-order valence-corrected chi connectivity index (χ4v) is 3.22. The van der Waals surface area contributed by atoms with Gasteiger partial charge in [0.05, 0.1) is 5.69 Å². The summed E-state index contributed by atoms with van der Waals surface area (Å²) < 4.78 is 0. The van der Waals surface area contributed by atoms with Crippen LogP contribution in [-0.2, 0) is 12.8 Å². The topological polar surface area (TPSA) is 50.7 Å². The predicted octanol–water partition coefficient (Wildman–Crippen LogP) is 4.92. The minimum Gasteiger partial charge on any atom is -0.368 e. The van der Waals surface area contributed by atoms with E-state index < -0.39 is 0 Å². The molecule has 0 bridgehead atoms. The molecule has 0 radical (unpaired) electrons. The first-order valence-electron chi connectivity index (χ1n) is 8.91. The van der Waals surface area contributed by atoms with Gasteiger partial charge in [-0.1, -0.05) is 54.1 Å². The highest BCUT2D eigenvalue weighted by atomic mass is 35.5. The van der Waals surface area contributed by atoms with Gasteiger partial charge in [0, 0.05) is 41.2 Å². The van der Waals surface area contributed by atoms with Gasteiger partial charge in [0.15, 0.2) is 5.82 Å². The van der Waals surface area contributed by atoms with Crippen molar-refractivity contribution in [2.45, 2.75) is 12.8 Å². The lowest BCUT2D eigenvalue weighted by Crippen LogP contribution is -2.09. The molecule has 0 aliphatic carbocycles. The molecule has 0 atom stereocenters. The van der Waals surface area contributed by atoms with E-state index in [0.717, 1.165) is 45.8 Å². The number of nitrogens with zero attached hydrogens (tertiary/aromatic N) is 3. The fourth-order valence-electron chi connectivity index (χ4n) is 3.09. The van der Waals surface area contributed by atoms with Crippen LogP contribution < -0.4 is 5.32 Å². The number of aromatic nitrogens is 3. The number of nitrogens with one attached hydrogen (secondary N) is 1. The molecule has 2 aromatic carbocycles. The summed E-state index contributed by atoms with van der Waals surface area (Å²) in [6, 6.07) is 20.2. The SMILES string of the molecule is Clc1ccc(CCNc2nnc(Cc3cccnc3)c3ccccc23)cc1. The van der Waals surface area contributed by atoms with Gasteiger partial charge in [-0.25, -0.2) is 0 Å². The lowest BCUT2D eigenvalue weighted by molar-refractivity contribution is 0.934. The number of hydrogen-bond donors (Lipinski definition) is 1. The molecule has 0 saturated carbocycles. The number of halogens is 1. The first-order valence-corrected chi connectivity index (χ1v) is 9.29. The molecular weight excluding hydrogens is 356 g/mol. The maximum atomic E-state index is 5.94. The van der Waals surface area contributed by atoms with Crippen molar-refractivity contribution in [3.63, 3.8) is 0 Å². The van der Waals surface area contributed by atoms with Crippen LogP contribution >= 0.6 is 11.6 Å². The van der Waals surface area contributed by atoms with Crippen molar-refractivity contribution in [3.8, 4) is 0 Å². The average Bonchev–Trinajstić information content (AvgIpc) is 2.72. The Bertz CT molecular complexity index is 1030. The second-order valence-corrected chi connectivity index (χ2v) is 6.82. The summed E-state index contributed by atoms with van der Waals surface area (Å²) in [4.78, 5) is 4.18. The maximum absolute atomic E-state index is 5.94. The van der Waals surface area contributed by atoms with Gasteiger partial charge in [-0.05, 0) is 35.7 Å². The van der Waals surface area contributed by atoms with Gasteiger partial charge < -0.3 is 5.32 Å². The van der Waals surface area contributed by atoms with E-state index in [0.29, 0.717) is 6.42 Å². The number of benzene rings is 2. The summed E-state index contributed by atoms with van der Waals surface area (Å²) >= 11 is 5.94. The summed E-state index contributed by atoms with van der Waals surface area (Å²) in [5.74, 6) is 0.814. The number of rotatable bonds is 6. The highest BCUT2D eigenvalue weighted by Crippen LogP contribution is 2.24. The minimum absolute atomic E-state index is 0.715. The van der Waals surface area contributed by atoms with Gasteiger partial charge >= 0.3 is 0 Å². The number of anilines is 1. The number of fused-ring (bicyclic) bond motifs is 1. The molecule has 2 aromatic heterocycles. The van der Waals surface area contributed by atoms with Gasteiger partial charge in [-0.15, -0.1) is 5.10 Å². The smallest absolute Gasteiger partial charge is 0.156 e. The third kappa shape index (κ3) is 4.23. The molecule has 0 spiro atoms. The summed E-state index contributed by atoms with van der Waals surface area (Å²) in [7, 11) is 0. The van der Waals surface area contributed by atoms with Gasteiger partial charge in [-0.2, -0.15) is 5.10 Å². The number of pyridine rings is 1. The molecule has 1 N–H and O–H groups in total. The van der Waals surface area contributed by atoms with Crippen LogP contribution in [0.2, 0.25) is 5.02 Å². The van der Waals surface area contributed by atoms with Crippen molar-refractivity contribution in [2.75, 3.05) is 11.9 Å². The Morgan fingerprint density at radius 1 is 0.815 bits per heavy atom. The molecule has 5 heteroatoms. The first kappa shape index (κ1) is 17.4. The van der Waals surface area contributed by atoms with Crippen LogP contribution in [0.15, 0.2) is 73.1 Å². The van der Waals surface area contributed by atoms with Gasteiger partial charge in [0.1, 0.15) is 0 Å². The minimum atomic E-state index is 0.715. The van der Waals surface area contributed by atoms with Crippen molar-refractivity contribution in [2.24, 2.45) is 0 Å².